The number of aromatic amines is 2. The molecule has 33 heavy (non-hydrogen) atoms. The van der Waals surface area contributed by atoms with E-state index in [-0.39, 0.29) is 4.75 Å². The van der Waals surface area contributed by atoms with Gasteiger partial charge in [-0.15, -0.1) is 11.8 Å². The summed E-state index contributed by atoms with van der Waals surface area (Å²) in [5.41, 5.74) is 5.01. The number of H-pyrrole nitrogens is 2. The van der Waals surface area contributed by atoms with Crippen LogP contribution in [-0.4, -0.2) is 9.97 Å². The Balaban J connectivity index is 1.63. The van der Waals surface area contributed by atoms with Crippen LogP contribution in [0, 0.1) is 5.92 Å². The van der Waals surface area contributed by atoms with Crippen LogP contribution in [0.5, 0.6) is 0 Å². The molecule has 0 amide bonds. The highest BCUT2D eigenvalue weighted by Crippen LogP contribution is 2.56. The SMILES string of the molecule is Brc1cccc(SC(c2cc3ccccc3[nH]2)(c2cc3ccccc3[nH]2)C2CCCCC2)c1. The van der Waals surface area contributed by atoms with Crippen molar-refractivity contribution < 1.29 is 0 Å². The first-order valence-corrected chi connectivity index (χ1v) is 13.4. The first-order chi connectivity index (χ1) is 16.2. The summed E-state index contributed by atoms with van der Waals surface area (Å²) in [6, 6.07) is 30.9. The highest BCUT2D eigenvalue weighted by Gasteiger charge is 2.46. The third-order valence-electron chi connectivity index (χ3n) is 7.12. The molecule has 0 saturated heterocycles. The summed E-state index contributed by atoms with van der Waals surface area (Å²) >= 11 is 5.71. The van der Waals surface area contributed by atoms with Crippen LogP contribution in [0.1, 0.15) is 43.5 Å². The van der Waals surface area contributed by atoms with Crippen LogP contribution in [0.25, 0.3) is 21.8 Å². The van der Waals surface area contributed by atoms with Gasteiger partial charge in [-0.1, -0.05) is 77.7 Å². The monoisotopic (exact) mass is 514 g/mol. The first kappa shape index (κ1) is 21.1. The van der Waals surface area contributed by atoms with Crippen LogP contribution < -0.4 is 0 Å². The summed E-state index contributed by atoms with van der Waals surface area (Å²) < 4.78 is 0.900. The lowest BCUT2D eigenvalue weighted by Gasteiger charge is -2.41. The number of thioether (sulfide) groups is 1. The van der Waals surface area contributed by atoms with Crippen molar-refractivity contribution in [1.29, 1.82) is 0 Å². The molecule has 6 rings (SSSR count). The minimum absolute atomic E-state index is 0.223. The Morgan fingerprint density at radius 2 is 1.30 bits per heavy atom. The lowest BCUT2D eigenvalue weighted by atomic mass is 9.76. The smallest absolute Gasteiger partial charge is 0.103 e. The zero-order valence-corrected chi connectivity index (χ0v) is 20.9. The van der Waals surface area contributed by atoms with Crippen LogP contribution in [0.15, 0.2) is 94.3 Å². The topological polar surface area (TPSA) is 31.6 Å². The van der Waals surface area contributed by atoms with Crippen molar-refractivity contribution in [1.82, 2.24) is 9.97 Å². The van der Waals surface area contributed by atoms with E-state index in [4.69, 9.17) is 0 Å². The molecule has 4 heteroatoms. The van der Waals surface area contributed by atoms with Gasteiger partial charge in [0.15, 0.2) is 0 Å². The zero-order valence-electron chi connectivity index (χ0n) is 18.5. The largest absolute Gasteiger partial charge is 0.357 e. The summed E-state index contributed by atoms with van der Waals surface area (Å²) in [7, 11) is 0. The van der Waals surface area contributed by atoms with E-state index in [0.717, 1.165) is 4.47 Å². The van der Waals surface area contributed by atoms with Crippen molar-refractivity contribution in [3.63, 3.8) is 0 Å². The summed E-state index contributed by atoms with van der Waals surface area (Å²) in [5.74, 6) is 0.538. The summed E-state index contributed by atoms with van der Waals surface area (Å²) in [5, 5.41) is 2.55. The fourth-order valence-electron chi connectivity index (χ4n) is 5.55. The Hall–Kier alpha value is -2.43. The Bertz CT molecular complexity index is 1270. The van der Waals surface area contributed by atoms with Crippen molar-refractivity contribution in [3.8, 4) is 0 Å². The number of nitrogens with one attached hydrogen (secondary N) is 2. The number of hydrogen-bond donors (Lipinski definition) is 2. The zero-order chi connectivity index (χ0) is 22.3. The third kappa shape index (κ3) is 3.83. The van der Waals surface area contributed by atoms with Crippen molar-refractivity contribution in [3.05, 3.63) is 101 Å². The second-order valence-corrected chi connectivity index (χ2v) is 11.4. The minimum Gasteiger partial charge on any atom is -0.357 e. The van der Waals surface area contributed by atoms with Gasteiger partial charge in [0.05, 0.1) is 0 Å². The number of fused-ring (bicyclic) bond motifs is 2. The molecule has 2 aromatic heterocycles. The van der Waals surface area contributed by atoms with Gasteiger partial charge in [0.2, 0.25) is 0 Å². The number of aromatic nitrogens is 2. The molecular weight excluding hydrogens is 488 g/mol. The van der Waals surface area contributed by atoms with Crippen molar-refractivity contribution in [2.75, 3.05) is 0 Å². The van der Waals surface area contributed by atoms with E-state index in [2.05, 4.69) is 111 Å². The van der Waals surface area contributed by atoms with Crippen LogP contribution >= 0.6 is 27.7 Å². The number of para-hydroxylation sites is 2. The van der Waals surface area contributed by atoms with Gasteiger partial charge in [-0.3, -0.25) is 0 Å². The summed E-state index contributed by atoms with van der Waals surface area (Å²) in [6.07, 6.45) is 6.42. The maximum absolute atomic E-state index is 3.86. The molecule has 0 spiro atoms. The average Bonchev–Trinajstić information content (AvgIpc) is 3.48. The minimum atomic E-state index is -0.223. The molecular formula is C29H27BrN2S. The van der Waals surface area contributed by atoms with Gasteiger partial charge < -0.3 is 9.97 Å². The second kappa shape index (κ2) is 8.73. The predicted octanol–water partition coefficient (Wildman–Crippen LogP) is 9.03. The molecule has 1 aliphatic rings. The van der Waals surface area contributed by atoms with E-state index >= 15 is 0 Å². The fraction of sp³-hybridized carbons (Fsp3) is 0.241. The molecule has 3 aromatic carbocycles. The lowest BCUT2D eigenvalue weighted by molar-refractivity contribution is 0.301. The highest BCUT2D eigenvalue weighted by atomic mass is 79.9. The molecule has 1 fully saturated rings. The van der Waals surface area contributed by atoms with Gasteiger partial charge in [0.1, 0.15) is 4.75 Å². The maximum Gasteiger partial charge on any atom is 0.103 e. The first-order valence-electron chi connectivity index (χ1n) is 11.8. The molecule has 2 heterocycles. The Kier molecular flexibility index (Phi) is 5.59. The fourth-order valence-corrected chi connectivity index (χ4v) is 7.65. The van der Waals surface area contributed by atoms with Crippen molar-refractivity contribution >= 4 is 49.5 Å². The standard InChI is InChI=1S/C29H27BrN2S/c30-23-13-8-14-24(19-23)33-29(22-11-2-1-3-12-22,27-17-20-9-4-6-15-25(20)31-27)28-18-21-10-5-7-16-26(21)32-28/h4-10,13-19,22,31-32H,1-3,11-12H2. The molecule has 2 nitrogen and oxygen atoms in total. The highest BCUT2D eigenvalue weighted by molar-refractivity contribution is 9.10. The van der Waals surface area contributed by atoms with E-state index in [0.29, 0.717) is 5.92 Å². The van der Waals surface area contributed by atoms with Gasteiger partial charge in [0.25, 0.3) is 0 Å². The Morgan fingerprint density at radius 3 is 1.88 bits per heavy atom. The molecule has 0 aliphatic heterocycles. The quantitative estimate of drug-likeness (QED) is 0.225. The molecule has 166 valence electrons. The number of halogens is 1. The maximum atomic E-state index is 3.86. The Morgan fingerprint density at radius 1 is 0.697 bits per heavy atom. The van der Waals surface area contributed by atoms with Gasteiger partial charge in [-0.25, -0.2) is 0 Å². The predicted molar refractivity (Wildman–Crippen MR) is 144 cm³/mol. The van der Waals surface area contributed by atoms with Crippen molar-refractivity contribution in [2.45, 2.75) is 41.7 Å². The molecule has 0 unspecified atom stereocenters. The van der Waals surface area contributed by atoms with E-state index in [1.165, 1.54) is 70.2 Å². The van der Waals surface area contributed by atoms with Gasteiger partial charge in [0, 0.05) is 31.8 Å². The van der Waals surface area contributed by atoms with Crippen LogP contribution in [0.4, 0.5) is 0 Å². The van der Waals surface area contributed by atoms with Crippen molar-refractivity contribution in [2.24, 2.45) is 5.92 Å². The number of rotatable bonds is 5. The van der Waals surface area contributed by atoms with E-state index in [1.807, 2.05) is 11.8 Å². The van der Waals surface area contributed by atoms with Gasteiger partial charge >= 0.3 is 0 Å². The Labute approximate surface area is 207 Å². The van der Waals surface area contributed by atoms with Crippen LogP contribution in [0.3, 0.4) is 0 Å². The van der Waals surface area contributed by atoms with Crippen LogP contribution in [0.2, 0.25) is 0 Å². The summed E-state index contributed by atoms with van der Waals surface area (Å²) in [6.45, 7) is 0. The average molecular weight is 516 g/mol. The molecule has 5 aromatic rings. The van der Waals surface area contributed by atoms with E-state index in [9.17, 15) is 0 Å². The molecule has 0 atom stereocenters. The normalized spacial score (nSPS) is 15.4. The number of hydrogen-bond acceptors (Lipinski definition) is 1. The van der Waals surface area contributed by atoms with Gasteiger partial charge in [-0.05, 0) is 72.0 Å². The molecule has 0 radical (unpaired) electrons. The second-order valence-electron chi connectivity index (χ2n) is 9.17. The van der Waals surface area contributed by atoms with E-state index < -0.39 is 0 Å². The molecule has 1 saturated carbocycles. The number of benzene rings is 3. The lowest BCUT2D eigenvalue weighted by Crippen LogP contribution is -2.35. The molecule has 0 bridgehead atoms. The van der Waals surface area contributed by atoms with E-state index in [1.54, 1.807) is 0 Å². The van der Waals surface area contributed by atoms with Crippen LogP contribution in [-0.2, 0) is 4.75 Å². The van der Waals surface area contributed by atoms with Gasteiger partial charge in [-0.2, -0.15) is 0 Å². The molecule has 2 N–H and O–H groups in total. The molecule has 1 aliphatic carbocycles. The summed E-state index contributed by atoms with van der Waals surface area (Å²) in [4.78, 5) is 9.00. The third-order valence-corrected chi connectivity index (χ3v) is 9.19.